The SMILES string of the molecule is O=[N+]([O-])c1ccc(NC2CCCC2C2CCCN2)cc1F. The number of benzene rings is 1. The third-order valence-electron chi connectivity index (χ3n) is 4.68. The normalized spacial score (nSPS) is 28.7. The Morgan fingerprint density at radius 3 is 2.81 bits per heavy atom. The van der Waals surface area contributed by atoms with Gasteiger partial charge in [-0.2, -0.15) is 4.39 Å². The van der Waals surface area contributed by atoms with E-state index in [0.29, 0.717) is 23.7 Å². The molecule has 1 saturated carbocycles. The Balaban J connectivity index is 1.70. The van der Waals surface area contributed by atoms with Gasteiger partial charge in [-0.1, -0.05) is 6.42 Å². The first-order valence-corrected chi connectivity index (χ1v) is 7.59. The van der Waals surface area contributed by atoms with E-state index in [2.05, 4.69) is 10.6 Å². The minimum absolute atomic E-state index is 0.321. The van der Waals surface area contributed by atoms with E-state index >= 15 is 0 Å². The van der Waals surface area contributed by atoms with Crippen molar-refractivity contribution in [1.29, 1.82) is 0 Å². The molecule has 6 heteroatoms. The van der Waals surface area contributed by atoms with Crippen molar-refractivity contribution >= 4 is 11.4 Å². The van der Waals surface area contributed by atoms with Gasteiger partial charge in [0.15, 0.2) is 0 Å². The molecule has 114 valence electrons. The van der Waals surface area contributed by atoms with Gasteiger partial charge in [0, 0.05) is 29.9 Å². The number of nitrogens with one attached hydrogen (secondary N) is 2. The fourth-order valence-electron chi connectivity index (χ4n) is 3.69. The van der Waals surface area contributed by atoms with Crippen LogP contribution in [0, 0.1) is 21.8 Å². The molecule has 2 aliphatic rings. The van der Waals surface area contributed by atoms with E-state index < -0.39 is 16.4 Å². The Kier molecular flexibility index (Phi) is 4.05. The summed E-state index contributed by atoms with van der Waals surface area (Å²) in [6.45, 7) is 1.08. The van der Waals surface area contributed by atoms with E-state index in [4.69, 9.17) is 0 Å². The van der Waals surface area contributed by atoms with Crippen molar-refractivity contribution in [2.24, 2.45) is 5.92 Å². The number of halogens is 1. The molecule has 3 atom stereocenters. The van der Waals surface area contributed by atoms with Gasteiger partial charge in [-0.05, 0) is 44.2 Å². The van der Waals surface area contributed by atoms with Gasteiger partial charge in [0.1, 0.15) is 0 Å². The highest BCUT2D eigenvalue weighted by atomic mass is 19.1. The van der Waals surface area contributed by atoms with E-state index in [1.165, 1.54) is 37.8 Å². The molecule has 1 heterocycles. The summed E-state index contributed by atoms with van der Waals surface area (Å²) in [6, 6.07) is 4.93. The highest BCUT2D eigenvalue weighted by Gasteiger charge is 2.35. The van der Waals surface area contributed by atoms with Gasteiger partial charge in [-0.15, -0.1) is 0 Å². The third-order valence-corrected chi connectivity index (χ3v) is 4.68. The van der Waals surface area contributed by atoms with Crippen molar-refractivity contribution in [2.75, 3.05) is 11.9 Å². The predicted octanol–water partition coefficient (Wildman–Crippen LogP) is 3.07. The maximum atomic E-state index is 13.7. The van der Waals surface area contributed by atoms with Crippen LogP contribution >= 0.6 is 0 Å². The summed E-state index contributed by atoms with van der Waals surface area (Å²) in [7, 11) is 0. The number of nitro groups is 1. The molecular weight excluding hydrogens is 273 g/mol. The first kappa shape index (κ1) is 14.3. The smallest absolute Gasteiger partial charge is 0.304 e. The monoisotopic (exact) mass is 293 g/mol. The van der Waals surface area contributed by atoms with Gasteiger partial charge in [-0.3, -0.25) is 10.1 Å². The second-order valence-electron chi connectivity index (χ2n) is 5.97. The van der Waals surface area contributed by atoms with E-state index in [9.17, 15) is 14.5 Å². The molecule has 1 saturated heterocycles. The number of hydrogen-bond donors (Lipinski definition) is 2. The zero-order valence-corrected chi connectivity index (χ0v) is 11.8. The molecule has 0 amide bonds. The van der Waals surface area contributed by atoms with Crippen molar-refractivity contribution in [1.82, 2.24) is 5.32 Å². The molecule has 2 fully saturated rings. The molecule has 3 unspecified atom stereocenters. The molecule has 0 radical (unpaired) electrons. The van der Waals surface area contributed by atoms with E-state index in [1.54, 1.807) is 6.07 Å². The number of nitrogens with zero attached hydrogens (tertiary/aromatic N) is 1. The van der Waals surface area contributed by atoms with Crippen molar-refractivity contribution in [3.05, 3.63) is 34.1 Å². The molecule has 1 aromatic rings. The lowest BCUT2D eigenvalue weighted by atomic mass is 9.93. The molecule has 21 heavy (non-hydrogen) atoms. The third kappa shape index (κ3) is 3.00. The van der Waals surface area contributed by atoms with Crippen molar-refractivity contribution in [3.8, 4) is 0 Å². The summed E-state index contributed by atoms with van der Waals surface area (Å²) >= 11 is 0. The van der Waals surface area contributed by atoms with E-state index in [0.717, 1.165) is 13.0 Å². The molecule has 2 N–H and O–H groups in total. The zero-order valence-electron chi connectivity index (χ0n) is 11.8. The summed E-state index contributed by atoms with van der Waals surface area (Å²) < 4.78 is 13.7. The zero-order chi connectivity index (χ0) is 14.8. The van der Waals surface area contributed by atoms with Gasteiger partial charge in [0.05, 0.1) is 4.92 Å². The van der Waals surface area contributed by atoms with E-state index in [-0.39, 0.29) is 0 Å². The number of rotatable bonds is 4. The van der Waals surface area contributed by atoms with Crippen LogP contribution in [-0.4, -0.2) is 23.6 Å². The molecule has 3 rings (SSSR count). The summed E-state index contributed by atoms with van der Waals surface area (Å²) in [5.74, 6) is -0.218. The quantitative estimate of drug-likeness (QED) is 0.661. The average molecular weight is 293 g/mol. The second-order valence-corrected chi connectivity index (χ2v) is 5.97. The van der Waals surface area contributed by atoms with Crippen LogP contribution in [0.3, 0.4) is 0 Å². The Bertz CT molecular complexity index is 532. The van der Waals surface area contributed by atoms with Crippen molar-refractivity contribution in [2.45, 2.75) is 44.2 Å². The lowest BCUT2D eigenvalue weighted by molar-refractivity contribution is -0.387. The Morgan fingerprint density at radius 1 is 1.29 bits per heavy atom. The topological polar surface area (TPSA) is 67.2 Å². The standard InChI is InChI=1S/C15H20FN3O2/c16-12-9-10(6-7-15(12)19(20)21)18-14-4-1-3-11(14)13-5-2-8-17-13/h6-7,9,11,13-14,17-18H,1-5,8H2. The van der Waals surface area contributed by atoms with Crippen LogP contribution in [0.1, 0.15) is 32.1 Å². The molecule has 5 nitrogen and oxygen atoms in total. The minimum Gasteiger partial charge on any atom is -0.382 e. The molecule has 0 bridgehead atoms. The molecule has 1 aliphatic carbocycles. The molecule has 1 aliphatic heterocycles. The highest BCUT2D eigenvalue weighted by Crippen LogP contribution is 2.34. The van der Waals surface area contributed by atoms with Gasteiger partial charge in [0.25, 0.3) is 0 Å². The van der Waals surface area contributed by atoms with Crippen molar-refractivity contribution in [3.63, 3.8) is 0 Å². The van der Waals surface area contributed by atoms with Crippen LogP contribution in [0.25, 0.3) is 0 Å². The number of nitro benzene ring substituents is 1. The van der Waals surface area contributed by atoms with Crippen LogP contribution < -0.4 is 10.6 Å². The maximum absolute atomic E-state index is 13.7. The Labute approximate surface area is 123 Å². The maximum Gasteiger partial charge on any atom is 0.304 e. The average Bonchev–Trinajstić information content (AvgIpc) is 3.08. The summed E-state index contributed by atoms with van der Waals surface area (Å²) in [5, 5.41) is 17.6. The second kappa shape index (κ2) is 5.97. The van der Waals surface area contributed by atoms with Crippen LogP contribution in [0.15, 0.2) is 18.2 Å². The molecule has 1 aromatic carbocycles. The first-order chi connectivity index (χ1) is 10.1. The van der Waals surface area contributed by atoms with Gasteiger partial charge in [-0.25, -0.2) is 0 Å². The number of hydrogen-bond acceptors (Lipinski definition) is 4. The molecular formula is C15H20FN3O2. The Morgan fingerprint density at radius 2 is 2.14 bits per heavy atom. The highest BCUT2D eigenvalue weighted by molar-refractivity contribution is 5.50. The Hall–Kier alpha value is -1.69. The van der Waals surface area contributed by atoms with Crippen LogP contribution in [-0.2, 0) is 0 Å². The fourth-order valence-corrected chi connectivity index (χ4v) is 3.69. The van der Waals surface area contributed by atoms with Gasteiger partial charge < -0.3 is 10.6 Å². The number of anilines is 1. The van der Waals surface area contributed by atoms with Crippen LogP contribution in [0.5, 0.6) is 0 Å². The first-order valence-electron chi connectivity index (χ1n) is 7.59. The van der Waals surface area contributed by atoms with E-state index in [1.807, 2.05) is 0 Å². The lowest BCUT2D eigenvalue weighted by Crippen LogP contribution is -2.38. The van der Waals surface area contributed by atoms with Crippen LogP contribution in [0.4, 0.5) is 15.8 Å². The summed E-state index contributed by atoms with van der Waals surface area (Å²) in [6.07, 6.45) is 5.86. The summed E-state index contributed by atoms with van der Waals surface area (Å²) in [4.78, 5) is 9.95. The van der Waals surface area contributed by atoms with Crippen LogP contribution in [0.2, 0.25) is 0 Å². The molecule has 0 aromatic heterocycles. The fraction of sp³-hybridized carbons (Fsp3) is 0.600. The predicted molar refractivity (Wildman–Crippen MR) is 78.8 cm³/mol. The van der Waals surface area contributed by atoms with Crippen molar-refractivity contribution < 1.29 is 9.31 Å². The minimum atomic E-state index is -0.779. The largest absolute Gasteiger partial charge is 0.382 e. The van der Waals surface area contributed by atoms with Gasteiger partial charge >= 0.3 is 5.69 Å². The van der Waals surface area contributed by atoms with Gasteiger partial charge in [0.2, 0.25) is 5.82 Å². The summed E-state index contributed by atoms with van der Waals surface area (Å²) in [5.41, 5.74) is 0.161. The lowest BCUT2D eigenvalue weighted by Gasteiger charge is -2.27. The molecule has 0 spiro atoms.